The Hall–Kier alpha value is -1.30. The molecule has 2 N–H and O–H groups in total. The fourth-order valence-electron chi connectivity index (χ4n) is 2.81. The molecule has 0 atom stereocenters. The van der Waals surface area contributed by atoms with Gasteiger partial charge in [0, 0.05) is 25.6 Å². The van der Waals surface area contributed by atoms with E-state index in [1.807, 2.05) is 24.3 Å². The number of methoxy groups -OCH3 is 1. The molecule has 136 valence electrons. The van der Waals surface area contributed by atoms with Crippen molar-refractivity contribution in [2.45, 2.75) is 32.2 Å². The van der Waals surface area contributed by atoms with Crippen molar-refractivity contribution >= 4 is 18.3 Å². The molecule has 2 rings (SSSR count). The number of halogens is 1. The normalized spacial score (nSPS) is 14.7. The van der Waals surface area contributed by atoms with Gasteiger partial charge in [-0.1, -0.05) is 18.2 Å². The van der Waals surface area contributed by atoms with Gasteiger partial charge in [-0.05, 0) is 44.3 Å². The lowest BCUT2D eigenvalue weighted by molar-refractivity contribution is -0.121. The van der Waals surface area contributed by atoms with E-state index in [1.165, 1.54) is 12.8 Å². The first-order valence-electron chi connectivity index (χ1n) is 8.46. The molecule has 0 bridgehead atoms. The summed E-state index contributed by atoms with van der Waals surface area (Å²) >= 11 is 0. The third-order valence-electron chi connectivity index (χ3n) is 4.23. The van der Waals surface area contributed by atoms with E-state index in [9.17, 15) is 4.79 Å². The van der Waals surface area contributed by atoms with E-state index < -0.39 is 0 Å². The molecule has 6 heteroatoms. The first kappa shape index (κ1) is 20.7. The summed E-state index contributed by atoms with van der Waals surface area (Å²) in [5.74, 6) is 1.62. The second kappa shape index (κ2) is 12.1. The third-order valence-corrected chi connectivity index (χ3v) is 4.23. The molecular weight excluding hydrogens is 328 g/mol. The molecule has 1 aromatic rings. The van der Waals surface area contributed by atoms with Gasteiger partial charge >= 0.3 is 0 Å². The SMILES string of the molecule is COCCOc1ccccc1CNC(=O)CCC1CCNCC1.Cl. The molecule has 0 aliphatic carbocycles. The van der Waals surface area contributed by atoms with Crippen molar-refractivity contribution in [3.63, 3.8) is 0 Å². The van der Waals surface area contributed by atoms with Crippen LogP contribution in [0, 0.1) is 5.92 Å². The Balaban J connectivity index is 0.00000288. The van der Waals surface area contributed by atoms with E-state index in [0.29, 0.717) is 32.1 Å². The second-order valence-electron chi connectivity index (χ2n) is 5.96. The minimum atomic E-state index is 0. The number of para-hydroxylation sites is 1. The molecule has 1 aliphatic rings. The van der Waals surface area contributed by atoms with Crippen molar-refractivity contribution in [1.82, 2.24) is 10.6 Å². The molecule has 0 spiro atoms. The van der Waals surface area contributed by atoms with Crippen LogP contribution in [0.3, 0.4) is 0 Å². The van der Waals surface area contributed by atoms with Crippen molar-refractivity contribution < 1.29 is 14.3 Å². The molecule has 0 radical (unpaired) electrons. The maximum atomic E-state index is 12.0. The highest BCUT2D eigenvalue weighted by molar-refractivity contribution is 5.85. The zero-order valence-corrected chi connectivity index (χ0v) is 15.2. The highest BCUT2D eigenvalue weighted by Crippen LogP contribution is 2.19. The standard InChI is InChI=1S/C18H28N2O3.ClH/c1-22-12-13-23-17-5-3-2-4-16(17)14-20-18(21)7-6-15-8-10-19-11-9-15;/h2-5,15,19H,6-14H2,1H3,(H,20,21);1H. The van der Waals surface area contributed by atoms with Crippen molar-refractivity contribution in [1.29, 1.82) is 0 Å². The molecule has 1 heterocycles. The summed E-state index contributed by atoms with van der Waals surface area (Å²) in [5, 5.41) is 6.36. The van der Waals surface area contributed by atoms with Crippen LogP contribution in [0.5, 0.6) is 5.75 Å². The predicted molar refractivity (Wildman–Crippen MR) is 97.7 cm³/mol. The van der Waals surface area contributed by atoms with Gasteiger partial charge in [0.15, 0.2) is 0 Å². The monoisotopic (exact) mass is 356 g/mol. The highest BCUT2D eigenvalue weighted by atomic mass is 35.5. The molecule has 5 nitrogen and oxygen atoms in total. The number of hydrogen-bond donors (Lipinski definition) is 2. The van der Waals surface area contributed by atoms with Crippen LogP contribution in [0.25, 0.3) is 0 Å². The quantitative estimate of drug-likeness (QED) is 0.667. The summed E-state index contributed by atoms with van der Waals surface area (Å²) in [6.07, 6.45) is 3.96. The summed E-state index contributed by atoms with van der Waals surface area (Å²) in [4.78, 5) is 12.0. The number of rotatable bonds is 9. The Labute approximate surface area is 150 Å². The van der Waals surface area contributed by atoms with Crippen LogP contribution in [0.4, 0.5) is 0 Å². The van der Waals surface area contributed by atoms with Crippen LogP contribution in [0.15, 0.2) is 24.3 Å². The highest BCUT2D eigenvalue weighted by Gasteiger charge is 2.14. The van der Waals surface area contributed by atoms with E-state index in [2.05, 4.69) is 10.6 Å². The molecule has 1 saturated heterocycles. The van der Waals surface area contributed by atoms with Gasteiger partial charge in [-0.25, -0.2) is 0 Å². The maximum Gasteiger partial charge on any atom is 0.220 e. The lowest BCUT2D eigenvalue weighted by Crippen LogP contribution is -2.29. The number of hydrogen-bond acceptors (Lipinski definition) is 4. The van der Waals surface area contributed by atoms with E-state index in [4.69, 9.17) is 9.47 Å². The van der Waals surface area contributed by atoms with Crippen LogP contribution in [0.2, 0.25) is 0 Å². The Kier molecular flexibility index (Phi) is 10.5. The van der Waals surface area contributed by atoms with Crippen molar-refractivity contribution in [2.24, 2.45) is 5.92 Å². The molecule has 1 aromatic carbocycles. The van der Waals surface area contributed by atoms with Crippen LogP contribution in [0.1, 0.15) is 31.2 Å². The number of nitrogens with one attached hydrogen (secondary N) is 2. The number of benzene rings is 1. The van der Waals surface area contributed by atoms with Crippen LogP contribution in [-0.2, 0) is 16.1 Å². The van der Waals surface area contributed by atoms with Crippen LogP contribution in [-0.4, -0.2) is 39.3 Å². The van der Waals surface area contributed by atoms with Crippen molar-refractivity contribution in [3.8, 4) is 5.75 Å². The zero-order valence-electron chi connectivity index (χ0n) is 14.4. The average molecular weight is 357 g/mol. The number of carbonyl (C=O) groups excluding carboxylic acids is 1. The molecule has 1 fully saturated rings. The lowest BCUT2D eigenvalue weighted by atomic mass is 9.93. The van der Waals surface area contributed by atoms with Crippen LogP contribution < -0.4 is 15.4 Å². The number of piperidine rings is 1. The minimum absolute atomic E-state index is 0. The van der Waals surface area contributed by atoms with Gasteiger partial charge in [-0.2, -0.15) is 0 Å². The van der Waals surface area contributed by atoms with Gasteiger partial charge in [0.2, 0.25) is 5.91 Å². The number of amides is 1. The molecular formula is C18H29ClN2O3. The zero-order chi connectivity index (χ0) is 16.3. The van der Waals surface area contributed by atoms with E-state index in [-0.39, 0.29) is 18.3 Å². The maximum absolute atomic E-state index is 12.0. The minimum Gasteiger partial charge on any atom is -0.491 e. The van der Waals surface area contributed by atoms with Gasteiger partial charge in [-0.3, -0.25) is 4.79 Å². The van der Waals surface area contributed by atoms with Crippen molar-refractivity contribution in [2.75, 3.05) is 33.4 Å². The van der Waals surface area contributed by atoms with E-state index >= 15 is 0 Å². The first-order valence-corrected chi connectivity index (χ1v) is 8.46. The Morgan fingerprint density at radius 2 is 2.00 bits per heavy atom. The molecule has 24 heavy (non-hydrogen) atoms. The molecule has 0 saturated carbocycles. The Morgan fingerprint density at radius 3 is 2.75 bits per heavy atom. The number of ether oxygens (including phenoxy) is 2. The Bertz CT molecular complexity index is 479. The topological polar surface area (TPSA) is 59.6 Å². The fraction of sp³-hybridized carbons (Fsp3) is 0.611. The van der Waals surface area contributed by atoms with E-state index in [0.717, 1.165) is 30.8 Å². The molecule has 0 unspecified atom stereocenters. The fourth-order valence-corrected chi connectivity index (χ4v) is 2.81. The molecule has 1 amide bonds. The van der Waals surface area contributed by atoms with Gasteiger partial charge in [-0.15, -0.1) is 12.4 Å². The predicted octanol–water partition coefficient (Wildman–Crippen LogP) is 2.53. The lowest BCUT2D eigenvalue weighted by Gasteiger charge is -2.22. The smallest absolute Gasteiger partial charge is 0.220 e. The summed E-state index contributed by atoms with van der Waals surface area (Å²) < 4.78 is 10.7. The summed E-state index contributed by atoms with van der Waals surface area (Å²) in [6, 6.07) is 7.80. The van der Waals surface area contributed by atoms with Crippen molar-refractivity contribution in [3.05, 3.63) is 29.8 Å². The van der Waals surface area contributed by atoms with Gasteiger partial charge in [0.05, 0.1) is 6.61 Å². The molecule has 0 aromatic heterocycles. The largest absolute Gasteiger partial charge is 0.491 e. The summed E-state index contributed by atoms with van der Waals surface area (Å²) in [7, 11) is 1.65. The van der Waals surface area contributed by atoms with Gasteiger partial charge < -0.3 is 20.1 Å². The molecule has 1 aliphatic heterocycles. The van der Waals surface area contributed by atoms with Crippen LogP contribution >= 0.6 is 12.4 Å². The number of carbonyl (C=O) groups is 1. The average Bonchev–Trinajstić information content (AvgIpc) is 2.60. The van der Waals surface area contributed by atoms with E-state index in [1.54, 1.807) is 7.11 Å². The first-order chi connectivity index (χ1) is 11.3. The second-order valence-corrected chi connectivity index (χ2v) is 5.96. The summed E-state index contributed by atoms with van der Waals surface area (Å²) in [6.45, 7) is 3.74. The third kappa shape index (κ3) is 7.51. The van der Waals surface area contributed by atoms with Gasteiger partial charge in [0.25, 0.3) is 0 Å². The van der Waals surface area contributed by atoms with Gasteiger partial charge in [0.1, 0.15) is 12.4 Å². The summed E-state index contributed by atoms with van der Waals surface area (Å²) in [5.41, 5.74) is 0.999. The Morgan fingerprint density at radius 1 is 1.25 bits per heavy atom.